The minimum Gasteiger partial charge on any atom is -0.496 e. The molecule has 2 aromatic carbocycles. The molecule has 0 unspecified atom stereocenters. The van der Waals surface area contributed by atoms with Crippen molar-refractivity contribution in [3.63, 3.8) is 0 Å². The number of benzene rings is 2. The van der Waals surface area contributed by atoms with Gasteiger partial charge < -0.3 is 19.3 Å². The Balaban J connectivity index is 1.87. The van der Waals surface area contributed by atoms with E-state index in [0.717, 1.165) is 5.56 Å². The van der Waals surface area contributed by atoms with E-state index in [9.17, 15) is 9.90 Å². The molecular formula is C21H22O5. The van der Waals surface area contributed by atoms with Crippen molar-refractivity contribution >= 4 is 11.9 Å². The number of hydrogen-bond donors (Lipinski definition) is 1. The van der Waals surface area contributed by atoms with E-state index in [2.05, 4.69) is 0 Å². The fraction of sp³-hybridized carbons (Fsp3) is 0.286. The third-order valence-electron chi connectivity index (χ3n) is 4.19. The van der Waals surface area contributed by atoms with Crippen LogP contribution in [0.5, 0.6) is 17.2 Å². The highest BCUT2D eigenvalue weighted by molar-refractivity contribution is 5.99. The number of aliphatic hydroxyl groups is 1. The summed E-state index contributed by atoms with van der Waals surface area (Å²) in [7, 11) is 1.52. The number of ketones is 1. The van der Waals surface area contributed by atoms with Crippen LogP contribution in [0.15, 0.2) is 42.5 Å². The van der Waals surface area contributed by atoms with Crippen molar-refractivity contribution in [3.05, 3.63) is 59.2 Å². The number of Topliss-reactive ketones (excluding diaryl/α,β-unsaturated/α-hetero) is 1. The molecule has 5 nitrogen and oxygen atoms in total. The molecular weight excluding hydrogens is 332 g/mol. The van der Waals surface area contributed by atoms with Crippen LogP contribution >= 0.6 is 0 Å². The summed E-state index contributed by atoms with van der Waals surface area (Å²) in [5.74, 6) is 1.42. The van der Waals surface area contributed by atoms with E-state index < -0.39 is 5.60 Å². The van der Waals surface area contributed by atoms with Gasteiger partial charge in [-0.15, -0.1) is 0 Å². The van der Waals surface area contributed by atoms with Crippen molar-refractivity contribution in [3.8, 4) is 17.2 Å². The largest absolute Gasteiger partial charge is 0.496 e. The summed E-state index contributed by atoms with van der Waals surface area (Å²) in [6, 6.07) is 10.6. The first-order chi connectivity index (χ1) is 12.4. The summed E-state index contributed by atoms with van der Waals surface area (Å²) in [5.41, 5.74) is 1.37. The normalized spacial score (nSPS) is 14.3. The minimum atomic E-state index is -0.418. The molecule has 0 bridgehead atoms. The highest BCUT2D eigenvalue weighted by Gasteiger charge is 2.25. The van der Waals surface area contributed by atoms with Crippen LogP contribution in [0.3, 0.4) is 0 Å². The van der Waals surface area contributed by atoms with E-state index in [4.69, 9.17) is 14.2 Å². The lowest BCUT2D eigenvalue weighted by Crippen LogP contribution is -2.27. The van der Waals surface area contributed by atoms with Crippen LogP contribution in [0.2, 0.25) is 0 Å². The number of aliphatic hydroxyl groups excluding tert-OH is 1. The summed E-state index contributed by atoms with van der Waals surface area (Å²) in [4.78, 5) is 12.6. The molecule has 0 aromatic heterocycles. The van der Waals surface area contributed by atoms with E-state index in [-0.39, 0.29) is 19.0 Å². The van der Waals surface area contributed by atoms with Crippen molar-refractivity contribution in [2.75, 3.05) is 13.7 Å². The molecule has 5 heteroatoms. The molecule has 136 valence electrons. The van der Waals surface area contributed by atoms with Crippen molar-refractivity contribution in [2.45, 2.75) is 26.1 Å². The number of methoxy groups -OCH3 is 1. The number of ether oxygens (including phenoxy) is 3. The maximum Gasteiger partial charge on any atom is 0.203 e. The fourth-order valence-electron chi connectivity index (χ4n) is 2.86. The molecule has 3 rings (SSSR count). The van der Waals surface area contributed by atoms with Gasteiger partial charge in [0.25, 0.3) is 0 Å². The average molecular weight is 354 g/mol. The molecule has 0 aliphatic carbocycles. The molecule has 0 spiro atoms. The van der Waals surface area contributed by atoms with Crippen molar-refractivity contribution in [2.24, 2.45) is 0 Å². The first kappa shape index (κ1) is 18.0. The van der Waals surface area contributed by atoms with E-state index in [1.165, 1.54) is 7.11 Å². The Bertz CT molecular complexity index is 851. The lowest BCUT2D eigenvalue weighted by atomic mass is 9.99. The third-order valence-corrected chi connectivity index (χ3v) is 4.19. The van der Waals surface area contributed by atoms with Crippen LogP contribution in [-0.2, 0) is 6.61 Å². The summed E-state index contributed by atoms with van der Waals surface area (Å²) < 4.78 is 17.0. The van der Waals surface area contributed by atoms with Crippen LogP contribution in [0.1, 0.15) is 35.3 Å². The Labute approximate surface area is 152 Å². The van der Waals surface area contributed by atoms with Gasteiger partial charge in [-0.1, -0.05) is 12.1 Å². The second-order valence-electron chi connectivity index (χ2n) is 6.57. The Hall–Kier alpha value is -2.79. The molecule has 1 N–H and O–H groups in total. The smallest absolute Gasteiger partial charge is 0.203 e. The monoisotopic (exact) mass is 354 g/mol. The standard InChI is InChI=1S/C21H22O5/c1-21(2)11-10-16-19(26-21)9-8-14(12-22)20(16)25-13-17(23)15-6-4-5-7-18(15)24-3/h4-11,22H,12-13H2,1-3H3. The molecule has 0 amide bonds. The zero-order valence-electron chi connectivity index (χ0n) is 15.1. The van der Waals surface area contributed by atoms with Gasteiger partial charge in [0.15, 0.2) is 6.61 Å². The number of para-hydroxylation sites is 1. The summed E-state index contributed by atoms with van der Waals surface area (Å²) in [6.45, 7) is 3.56. The molecule has 0 atom stereocenters. The van der Waals surface area contributed by atoms with Crippen molar-refractivity contribution in [1.29, 1.82) is 0 Å². The molecule has 1 heterocycles. The van der Waals surface area contributed by atoms with Crippen molar-refractivity contribution < 1.29 is 24.1 Å². The first-order valence-corrected chi connectivity index (χ1v) is 8.39. The third kappa shape index (κ3) is 3.58. The van der Waals surface area contributed by atoms with Crippen LogP contribution in [-0.4, -0.2) is 30.2 Å². The lowest BCUT2D eigenvalue weighted by Gasteiger charge is -2.29. The van der Waals surface area contributed by atoms with Crippen LogP contribution in [0.4, 0.5) is 0 Å². The van der Waals surface area contributed by atoms with E-state index in [1.54, 1.807) is 36.4 Å². The highest BCUT2D eigenvalue weighted by atomic mass is 16.5. The van der Waals surface area contributed by atoms with Gasteiger partial charge in [-0.3, -0.25) is 4.79 Å². The maximum atomic E-state index is 12.6. The lowest BCUT2D eigenvalue weighted by molar-refractivity contribution is 0.0914. The predicted molar refractivity (Wildman–Crippen MR) is 98.9 cm³/mol. The zero-order chi connectivity index (χ0) is 18.7. The maximum absolute atomic E-state index is 12.6. The van der Waals surface area contributed by atoms with E-state index in [0.29, 0.717) is 28.4 Å². The van der Waals surface area contributed by atoms with Gasteiger partial charge in [-0.05, 0) is 50.3 Å². The topological polar surface area (TPSA) is 65.0 Å². The van der Waals surface area contributed by atoms with Crippen molar-refractivity contribution in [1.82, 2.24) is 0 Å². The minimum absolute atomic E-state index is 0.166. The predicted octanol–water partition coefficient (Wildman–Crippen LogP) is 3.63. The van der Waals surface area contributed by atoms with Gasteiger partial charge in [-0.2, -0.15) is 0 Å². The molecule has 0 fully saturated rings. The Kier molecular flexibility index (Phi) is 5.00. The van der Waals surface area contributed by atoms with Gasteiger partial charge in [-0.25, -0.2) is 0 Å². The van der Waals surface area contributed by atoms with Crippen LogP contribution in [0.25, 0.3) is 6.08 Å². The Morgan fingerprint density at radius 1 is 1.19 bits per heavy atom. The van der Waals surface area contributed by atoms with Gasteiger partial charge >= 0.3 is 0 Å². The number of hydrogen-bond acceptors (Lipinski definition) is 5. The van der Waals surface area contributed by atoms with Gasteiger partial charge in [0.1, 0.15) is 22.8 Å². The molecule has 0 saturated carbocycles. The van der Waals surface area contributed by atoms with Crippen LogP contribution < -0.4 is 14.2 Å². The molecule has 26 heavy (non-hydrogen) atoms. The van der Waals surface area contributed by atoms with E-state index in [1.807, 2.05) is 26.0 Å². The van der Waals surface area contributed by atoms with Crippen LogP contribution in [0, 0.1) is 0 Å². The zero-order valence-corrected chi connectivity index (χ0v) is 15.1. The van der Waals surface area contributed by atoms with Gasteiger partial charge in [0, 0.05) is 5.56 Å². The number of carbonyl (C=O) groups is 1. The number of rotatable bonds is 6. The summed E-state index contributed by atoms with van der Waals surface area (Å²) in [5, 5.41) is 9.64. The Morgan fingerprint density at radius 3 is 2.69 bits per heavy atom. The average Bonchev–Trinajstić information content (AvgIpc) is 2.64. The summed E-state index contributed by atoms with van der Waals surface area (Å²) in [6.07, 6.45) is 3.83. The molecule has 1 aliphatic rings. The van der Waals surface area contributed by atoms with E-state index >= 15 is 0 Å². The first-order valence-electron chi connectivity index (χ1n) is 8.39. The molecule has 1 aliphatic heterocycles. The SMILES string of the molecule is COc1ccccc1C(=O)COc1c(CO)ccc2c1C=CC(C)(C)O2. The van der Waals surface area contributed by atoms with Gasteiger partial charge in [0.05, 0.1) is 24.8 Å². The second-order valence-corrected chi connectivity index (χ2v) is 6.57. The molecule has 0 radical (unpaired) electrons. The molecule has 2 aromatic rings. The fourth-order valence-corrected chi connectivity index (χ4v) is 2.86. The number of fused-ring (bicyclic) bond motifs is 1. The second kappa shape index (κ2) is 7.22. The quantitative estimate of drug-likeness (QED) is 0.803. The Morgan fingerprint density at radius 2 is 1.96 bits per heavy atom. The van der Waals surface area contributed by atoms with Gasteiger partial charge in [0.2, 0.25) is 5.78 Å². The summed E-state index contributed by atoms with van der Waals surface area (Å²) >= 11 is 0. The number of carbonyl (C=O) groups excluding carboxylic acids is 1. The molecule has 0 saturated heterocycles. The highest BCUT2D eigenvalue weighted by Crippen LogP contribution is 2.39.